The number of carbonyl (C=O) groups is 2. The quantitative estimate of drug-likeness (QED) is 0.815. The molecule has 0 aliphatic carbocycles. The summed E-state index contributed by atoms with van der Waals surface area (Å²) in [5.41, 5.74) is 0.380. The van der Waals surface area contributed by atoms with Gasteiger partial charge in [0.1, 0.15) is 5.60 Å². The highest BCUT2D eigenvalue weighted by Gasteiger charge is 2.22. The zero-order chi connectivity index (χ0) is 19.3. The molecule has 0 aromatic heterocycles. The summed E-state index contributed by atoms with van der Waals surface area (Å²) in [4.78, 5) is 23.3. The van der Waals surface area contributed by atoms with Gasteiger partial charge in [-0.15, -0.1) is 0 Å². The predicted octanol–water partition coefficient (Wildman–Crippen LogP) is 3.71. The molecular weight excluding hydrogens is 320 g/mol. The third kappa shape index (κ3) is 7.27. The smallest absolute Gasteiger partial charge is 0.413 e. The maximum atomic E-state index is 12.2. The lowest BCUT2D eigenvalue weighted by Crippen LogP contribution is -2.30. The first-order valence-electron chi connectivity index (χ1n) is 7.92. The molecule has 1 aromatic carbocycles. The van der Waals surface area contributed by atoms with Crippen molar-refractivity contribution in [1.29, 1.82) is 0 Å². The van der Waals surface area contributed by atoms with Crippen molar-refractivity contribution in [3.8, 4) is 11.8 Å². The van der Waals surface area contributed by atoms with Crippen molar-refractivity contribution in [2.24, 2.45) is 0 Å². The number of ether oxygens (including phenoxy) is 2. The van der Waals surface area contributed by atoms with Crippen molar-refractivity contribution in [3.05, 3.63) is 23.8 Å². The van der Waals surface area contributed by atoms with Crippen LogP contribution in [0.2, 0.25) is 0 Å². The Morgan fingerprint density at radius 1 is 1.04 bits per heavy atom. The molecule has 0 saturated carbocycles. The topological polar surface area (TPSA) is 76.7 Å². The summed E-state index contributed by atoms with van der Waals surface area (Å²) in [6.45, 7) is 10.3. The van der Waals surface area contributed by atoms with Crippen molar-refractivity contribution >= 4 is 23.4 Å². The van der Waals surface area contributed by atoms with Crippen LogP contribution in [0.25, 0.3) is 0 Å². The predicted molar refractivity (Wildman–Crippen MR) is 98.5 cm³/mol. The van der Waals surface area contributed by atoms with Crippen LogP contribution in [-0.4, -0.2) is 30.3 Å². The zero-order valence-corrected chi connectivity index (χ0v) is 15.9. The maximum absolute atomic E-state index is 12.2. The normalized spacial score (nSPS) is 11.2. The van der Waals surface area contributed by atoms with Crippen molar-refractivity contribution < 1.29 is 19.1 Å². The number of hydrogen-bond acceptors (Lipinski definition) is 4. The molecule has 136 valence electrons. The van der Waals surface area contributed by atoms with Gasteiger partial charge in [-0.05, 0) is 52.3 Å². The van der Waals surface area contributed by atoms with E-state index in [0.717, 1.165) is 5.56 Å². The van der Waals surface area contributed by atoms with Crippen molar-refractivity contribution in [2.75, 3.05) is 17.7 Å². The van der Waals surface area contributed by atoms with Crippen LogP contribution in [0.3, 0.4) is 0 Å². The molecule has 0 aliphatic heterocycles. The van der Waals surface area contributed by atoms with Crippen LogP contribution < -0.4 is 10.6 Å². The third-order valence-electron chi connectivity index (χ3n) is 3.32. The fourth-order valence-electron chi connectivity index (χ4n) is 1.78. The van der Waals surface area contributed by atoms with Crippen LogP contribution in [-0.2, 0) is 14.3 Å². The van der Waals surface area contributed by atoms with Gasteiger partial charge in [0.15, 0.2) is 5.60 Å². The fraction of sp³-hybridized carbons (Fsp3) is 0.474. The molecule has 25 heavy (non-hydrogen) atoms. The summed E-state index contributed by atoms with van der Waals surface area (Å²) in [7, 11) is 1.57. The van der Waals surface area contributed by atoms with Crippen molar-refractivity contribution in [2.45, 2.75) is 52.7 Å². The number of hydrogen-bond donors (Lipinski definition) is 2. The number of nitrogens with one attached hydrogen (secondary N) is 2. The highest BCUT2D eigenvalue weighted by Crippen LogP contribution is 2.21. The first kappa shape index (κ1) is 20.5. The fourth-order valence-corrected chi connectivity index (χ4v) is 1.78. The van der Waals surface area contributed by atoms with E-state index in [-0.39, 0.29) is 5.91 Å². The van der Waals surface area contributed by atoms with Crippen LogP contribution in [0.15, 0.2) is 18.2 Å². The van der Waals surface area contributed by atoms with Gasteiger partial charge in [-0.1, -0.05) is 17.9 Å². The number of aryl methyl sites for hydroxylation is 1. The Kier molecular flexibility index (Phi) is 6.60. The molecular formula is C19H26N2O4. The molecule has 2 amide bonds. The molecule has 0 atom stereocenters. The minimum atomic E-state index is -0.983. The number of benzene rings is 1. The van der Waals surface area contributed by atoms with Gasteiger partial charge in [0.25, 0.3) is 0 Å². The lowest BCUT2D eigenvalue weighted by molar-refractivity contribution is -0.114. The number of amides is 2. The van der Waals surface area contributed by atoms with Crippen molar-refractivity contribution in [3.63, 3.8) is 0 Å². The van der Waals surface area contributed by atoms with E-state index in [1.165, 1.54) is 6.92 Å². The SMILES string of the molecule is COC(C)(C)C#CC(C)(C)OC(=O)Nc1cc(NC(C)=O)ccc1C. The third-order valence-corrected chi connectivity index (χ3v) is 3.32. The molecule has 1 aromatic rings. The van der Waals surface area contributed by atoms with Gasteiger partial charge in [-0.3, -0.25) is 10.1 Å². The van der Waals surface area contributed by atoms with Gasteiger partial charge < -0.3 is 14.8 Å². The first-order chi connectivity index (χ1) is 11.4. The minimum Gasteiger partial charge on any atom is -0.430 e. The van der Waals surface area contributed by atoms with E-state index in [1.807, 2.05) is 20.8 Å². The number of carbonyl (C=O) groups excluding carboxylic acids is 2. The van der Waals surface area contributed by atoms with E-state index in [0.29, 0.717) is 11.4 Å². The van der Waals surface area contributed by atoms with Crippen LogP contribution in [0.5, 0.6) is 0 Å². The first-order valence-corrected chi connectivity index (χ1v) is 7.92. The average Bonchev–Trinajstić information content (AvgIpc) is 2.48. The van der Waals surface area contributed by atoms with E-state index in [4.69, 9.17) is 9.47 Å². The summed E-state index contributed by atoms with van der Waals surface area (Å²) < 4.78 is 10.6. The van der Waals surface area contributed by atoms with E-state index in [2.05, 4.69) is 22.5 Å². The highest BCUT2D eigenvalue weighted by molar-refractivity contribution is 5.91. The zero-order valence-electron chi connectivity index (χ0n) is 15.9. The molecule has 6 nitrogen and oxygen atoms in total. The molecule has 0 saturated heterocycles. The highest BCUT2D eigenvalue weighted by atomic mass is 16.6. The van der Waals surface area contributed by atoms with Gasteiger partial charge in [-0.25, -0.2) is 4.79 Å². The largest absolute Gasteiger partial charge is 0.430 e. The van der Waals surface area contributed by atoms with Crippen LogP contribution in [0.1, 0.15) is 40.2 Å². The van der Waals surface area contributed by atoms with Gasteiger partial charge in [0.2, 0.25) is 5.91 Å². The Bertz CT molecular complexity index is 712. The lowest BCUT2D eigenvalue weighted by atomic mass is 10.1. The average molecular weight is 346 g/mol. The van der Waals surface area contributed by atoms with Gasteiger partial charge >= 0.3 is 6.09 Å². The summed E-state index contributed by atoms with van der Waals surface area (Å²) in [6, 6.07) is 5.23. The summed E-state index contributed by atoms with van der Waals surface area (Å²) in [5.74, 6) is 5.65. The maximum Gasteiger partial charge on any atom is 0.413 e. The van der Waals surface area contributed by atoms with Crippen LogP contribution in [0.4, 0.5) is 16.2 Å². The Morgan fingerprint density at radius 2 is 1.64 bits per heavy atom. The standard InChI is InChI=1S/C19H26N2O4/c1-13-8-9-15(20-14(2)22)12-16(13)21-17(23)25-19(5,6)11-10-18(3,4)24-7/h8-9,12H,1-7H3,(H,20,22)(H,21,23). The molecule has 6 heteroatoms. The Morgan fingerprint density at radius 3 is 2.20 bits per heavy atom. The van der Waals surface area contributed by atoms with Crippen LogP contribution in [0, 0.1) is 18.8 Å². The minimum absolute atomic E-state index is 0.186. The molecule has 2 N–H and O–H groups in total. The second-order valence-corrected chi connectivity index (χ2v) is 6.70. The van der Waals surface area contributed by atoms with Gasteiger partial charge in [0, 0.05) is 25.4 Å². The molecule has 0 aliphatic rings. The van der Waals surface area contributed by atoms with E-state index in [9.17, 15) is 9.59 Å². The number of methoxy groups -OCH3 is 1. The molecule has 0 bridgehead atoms. The van der Waals surface area contributed by atoms with E-state index >= 15 is 0 Å². The number of anilines is 2. The molecule has 0 fully saturated rings. The van der Waals surface area contributed by atoms with Crippen LogP contribution >= 0.6 is 0 Å². The Hall–Kier alpha value is -2.52. The lowest BCUT2D eigenvalue weighted by Gasteiger charge is -2.21. The van der Waals surface area contributed by atoms with Gasteiger partial charge in [-0.2, -0.15) is 0 Å². The van der Waals surface area contributed by atoms with Gasteiger partial charge in [0.05, 0.1) is 0 Å². The second kappa shape index (κ2) is 8.04. The van der Waals surface area contributed by atoms with E-state index in [1.54, 1.807) is 39.2 Å². The second-order valence-electron chi connectivity index (χ2n) is 6.70. The number of rotatable bonds is 4. The molecule has 0 heterocycles. The summed E-state index contributed by atoms with van der Waals surface area (Å²) in [6.07, 6.45) is -0.627. The molecule has 1 rings (SSSR count). The Balaban J connectivity index is 2.84. The molecule has 0 spiro atoms. The summed E-state index contributed by atoms with van der Waals surface area (Å²) >= 11 is 0. The molecule has 0 radical (unpaired) electrons. The monoisotopic (exact) mass is 346 g/mol. The molecule has 0 unspecified atom stereocenters. The summed E-state index contributed by atoms with van der Waals surface area (Å²) in [5, 5.41) is 5.35. The van der Waals surface area contributed by atoms with E-state index < -0.39 is 17.3 Å². The Labute approximate surface area is 149 Å². The van der Waals surface area contributed by atoms with Crippen molar-refractivity contribution in [1.82, 2.24) is 0 Å².